The molecule has 0 N–H and O–H groups in total. The van der Waals surface area contributed by atoms with E-state index in [1.165, 1.54) is 155 Å². The van der Waals surface area contributed by atoms with E-state index in [9.17, 15) is 0 Å². The number of nitrogens with zero attached hydrogens (tertiary/aromatic N) is 2. The summed E-state index contributed by atoms with van der Waals surface area (Å²) in [7, 11) is 0. The van der Waals surface area contributed by atoms with Crippen LogP contribution in [0.1, 0.15) is 112 Å². The molecule has 8 heterocycles. The molecular weight excluding hydrogens is 1130 g/mol. The van der Waals surface area contributed by atoms with Crippen LogP contribution in [0.5, 0.6) is 23.0 Å². The molecule has 87 heavy (non-hydrogen) atoms. The second kappa shape index (κ2) is 18.3. The number of benzene rings is 9. The van der Waals surface area contributed by atoms with Gasteiger partial charge in [0.15, 0.2) is 0 Å². The Kier molecular flexibility index (Phi) is 11.4. The van der Waals surface area contributed by atoms with Crippen molar-refractivity contribution in [3.8, 4) is 23.0 Å². The molecule has 0 bridgehead atoms. The van der Waals surface area contributed by atoms with Crippen molar-refractivity contribution >= 4 is 168 Å². The summed E-state index contributed by atoms with van der Waals surface area (Å²) in [6.07, 6.45) is 0. The zero-order chi connectivity index (χ0) is 60.0. The average Bonchev–Trinajstić information content (AvgIpc) is 1.23. The smallest absolute Gasteiger partial charge is 0.266 e. The van der Waals surface area contributed by atoms with Gasteiger partial charge in [0.1, 0.15) is 23.0 Å². The van der Waals surface area contributed by atoms with E-state index in [2.05, 4.69) is 247 Å². The quantitative estimate of drug-likeness (QED) is 0.160. The number of hydrogen-bond acceptors (Lipinski definition) is 8. The van der Waals surface area contributed by atoms with Gasteiger partial charge in [-0.05, 0) is 223 Å². The maximum Gasteiger partial charge on any atom is 0.266 e. The predicted octanol–water partition coefficient (Wildman–Crippen LogP) is 16.1. The highest BCUT2D eigenvalue weighted by atomic mass is 32.2. The van der Waals surface area contributed by atoms with Crippen molar-refractivity contribution in [2.24, 2.45) is 0 Å². The van der Waals surface area contributed by atoms with Crippen molar-refractivity contribution < 1.29 is 9.47 Å². The fourth-order valence-electron chi connectivity index (χ4n) is 15.4. The molecule has 0 atom stereocenters. The molecule has 9 aromatic carbocycles. The van der Waals surface area contributed by atoms with Gasteiger partial charge in [-0.25, -0.2) is 0 Å². The topological polar surface area (TPSA) is 24.9 Å². The van der Waals surface area contributed by atoms with Gasteiger partial charge in [-0.1, -0.05) is 140 Å². The third-order valence-corrected chi connectivity index (χ3v) is 24.6. The van der Waals surface area contributed by atoms with E-state index in [-0.39, 0.29) is 36.4 Å². The Morgan fingerprint density at radius 3 is 1.26 bits per heavy atom. The third-order valence-electron chi connectivity index (χ3n) is 19.5. The fraction of sp³-hybridized carbons (Fsp3) is 0.237. The second-order valence-corrected chi connectivity index (χ2v) is 33.2. The van der Waals surface area contributed by atoms with Crippen LogP contribution in [0.2, 0.25) is 0 Å². The van der Waals surface area contributed by atoms with Crippen LogP contribution in [0.15, 0.2) is 153 Å². The molecule has 0 radical (unpaired) electrons. The SMILES string of the molecule is Cc1cc(C)c(N2c3cc4c(cc3B3c5cc6c(cc5N(c5ccc(C(C)(C)C)cc5)c5cc(C)cc2c53)Oc2cc(C)cc3c2B6c2sc5ccc(C(C)(C)C)cc5c2S3)B2c3sc5ccc(C(C)(C)C)cc5c3Sc3cc(C)cc(c32)O4)c(C)c1. The van der Waals surface area contributed by atoms with E-state index in [4.69, 9.17) is 9.47 Å². The van der Waals surface area contributed by atoms with E-state index >= 15 is 0 Å². The van der Waals surface area contributed by atoms with Crippen LogP contribution < -0.4 is 67.1 Å². The monoisotopic (exact) mass is 1200 g/mol. The van der Waals surface area contributed by atoms with Gasteiger partial charge in [0, 0.05) is 80.3 Å². The molecule has 0 spiro atoms. The predicted molar refractivity (Wildman–Crippen MR) is 379 cm³/mol. The lowest BCUT2D eigenvalue weighted by Crippen LogP contribution is -2.65. The van der Waals surface area contributed by atoms with Crippen LogP contribution in [-0.4, -0.2) is 20.1 Å². The molecule has 0 unspecified atom stereocenters. The third kappa shape index (κ3) is 7.93. The summed E-state index contributed by atoms with van der Waals surface area (Å²) in [5, 5.41) is 2.72. The van der Waals surface area contributed by atoms with Gasteiger partial charge in [-0.15, -0.1) is 22.7 Å². The first-order valence-corrected chi connectivity index (χ1v) is 34.1. The molecule has 0 saturated carbocycles. The van der Waals surface area contributed by atoms with Crippen molar-refractivity contribution in [3.05, 3.63) is 184 Å². The summed E-state index contributed by atoms with van der Waals surface area (Å²) in [5.41, 5.74) is 27.4. The summed E-state index contributed by atoms with van der Waals surface area (Å²) in [4.78, 5) is 10.6. The molecule has 17 rings (SSSR count). The van der Waals surface area contributed by atoms with E-state index in [1.807, 2.05) is 46.2 Å². The molecule has 426 valence electrons. The lowest BCUT2D eigenvalue weighted by atomic mass is 9.30. The first-order valence-electron chi connectivity index (χ1n) is 30.9. The van der Waals surface area contributed by atoms with Crippen LogP contribution in [0.4, 0.5) is 34.1 Å². The molecule has 0 saturated heterocycles. The summed E-state index contributed by atoms with van der Waals surface area (Å²) in [6, 6.07) is 53.0. The number of rotatable bonds is 2. The number of thiophene rings is 2. The van der Waals surface area contributed by atoms with Gasteiger partial charge in [0.25, 0.3) is 20.1 Å². The maximum absolute atomic E-state index is 7.47. The van der Waals surface area contributed by atoms with Crippen LogP contribution in [-0.2, 0) is 16.2 Å². The number of aryl methyl sites for hydroxylation is 6. The molecule has 4 nitrogen and oxygen atoms in total. The summed E-state index contributed by atoms with van der Waals surface area (Å²) >= 11 is 7.83. The van der Waals surface area contributed by atoms with Gasteiger partial charge in [-0.3, -0.25) is 0 Å². The number of ether oxygens (including phenoxy) is 2. The molecule has 11 heteroatoms. The standard InChI is InChI=1S/C76H67B3N2O2S4/c1-38-24-42(5)69(43(6)25-38)81-55-37-59-53(79-68-61(83-59)29-41(4)31-65(68)85-71-49-33-46(76(13,14)15)19-23-63(49)87-73(71)79)35-51(55)77-50-34-52-58(36-54(50)80(56-26-39(2)27-57(81)66(56)77)47-20-16-44(17-21-47)74(7,8)9)82-60-28-40(3)30-64-67(60)78(52)72-70(84-64)48-32-45(75(10,11)12)18-22-62(48)86-72/h16-37H,1-15H3. The first kappa shape index (κ1) is 54.2. The van der Waals surface area contributed by atoms with E-state index in [1.54, 1.807) is 0 Å². The van der Waals surface area contributed by atoms with E-state index in [0.717, 1.165) is 40.1 Å². The lowest BCUT2D eigenvalue weighted by Gasteiger charge is -2.46. The summed E-state index contributed by atoms with van der Waals surface area (Å²) < 4.78 is 20.4. The Morgan fingerprint density at radius 2 is 0.793 bits per heavy atom. The number of anilines is 6. The minimum Gasteiger partial charge on any atom is -0.458 e. The zero-order valence-corrected chi connectivity index (χ0v) is 55.5. The summed E-state index contributed by atoms with van der Waals surface area (Å²) in [6.45, 7) is 34.3. The normalized spacial score (nSPS) is 14.8. The Hall–Kier alpha value is -7.01. The zero-order valence-electron chi connectivity index (χ0n) is 52.3. The van der Waals surface area contributed by atoms with Crippen molar-refractivity contribution in [2.75, 3.05) is 9.80 Å². The second-order valence-electron chi connectivity index (χ2n) is 28.9. The minimum absolute atomic E-state index is 0.0127. The fourth-order valence-corrected chi connectivity index (χ4v) is 21.0. The minimum atomic E-state index is -0.162. The molecule has 6 aliphatic heterocycles. The van der Waals surface area contributed by atoms with Crippen LogP contribution in [0, 0.1) is 41.5 Å². The highest BCUT2D eigenvalue weighted by Gasteiger charge is 2.50. The number of hydrogen-bond donors (Lipinski definition) is 0. The Balaban J connectivity index is 0.972. The van der Waals surface area contributed by atoms with Crippen molar-refractivity contribution in [3.63, 3.8) is 0 Å². The Morgan fingerprint density at radius 1 is 0.368 bits per heavy atom. The average molecular weight is 1200 g/mol. The highest BCUT2D eigenvalue weighted by Crippen LogP contribution is 2.51. The number of fused-ring (bicyclic) bond motifs is 16. The molecule has 6 aliphatic rings. The van der Waals surface area contributed by atoms with Crippen LogP contribution in [0.3, 0.4) is 0 Å². The van der Waals surface area contributed by atoms with Gasteiger partial charge < -0.3 is 19.3 Å². The molecular formula is C76H67B3N2O2S4. The molecule has 2 aromatic heterocycles. The van der Waals surface area contributed by atoms with Crippen molar-refractivity contribution in [1.82, 2.24) is 0 Å². The van der Waals surface area contributed by atoms with Crippen molar-refractivity contribution in [2.45, 2.75) is 140 Å². The highest BCUT2D eigenvalue weighted by molar-refractivity contribution is 8.01. The van der Waals surface area contributed by atoms with Crippen molar-refractivity contribution in [1.29, 1.82) is 0 Å². The van der Waals surface area contributed by atoms with Gasteiger partial charge in [0.05, 0.1) is 5.69 Å². The first-order chi connectivity index (χ1) is 41.4. The molecule has 11 aromatic rings. The van der Waals surface area contributed by atoms with Gasteiger partial charge in [0.2, 0.25) is 0 Å². The molecule has 0 fully saturated rings. The van der Waals surface area contributed by atoms with Gasteiger partial charge >= 0.3 is 0 Å². The molecule has 0 aliphatic carbocycles. The van der Waals surface area contributed by atoms with E-state index < -0.39 is 0 Å². The maximum atomic E-state index is 7.47. The Bertz CT molecular complexity index is 4910. The van der Waals surface area contributed by atoms with Crippen LogP contribution in [0.25, 0.3) is 20.2 Å². The van der Waals surface area contributed by atoms with Gasteiger partial charge in [-0.2, -0.15) is 0 Å². The molecule has 0 amide bonds. The Labute approximate surface area is 530 Å². The van der Waals surface area contributed by atoms with E-state index in [0.29, 0.717) is 0 Å². The largest absolute Gasteiger partial charge is 0.458 e. The lowest BCUT2D eigenvalue weighted by molar-refractivity contribution is 0.486. The summed E-state index contributed by atoms with van der Waals surface area (Å²) in [5.74, 6) is 3.79. The van der Waals surface area contributed by atoms with Crippen LogP contribution >= 0.6 is 46.2 Å².